The lowest BCUT2D eigenvalue weighted by molar-refractivity contribution is -0.129. The molecule has 7 nitrogen and oxygen atoms in total. The zero-order valence-corrected chi connectivity index (χ0v) is 14.6. The molecule has 8 heteroatoms. The molecule has 0 radical (unpaired) electrons. The first-order valence-corrected chi connectivity index (χ1v) is 9.73. The van der Waals surface area contributed by atoms with Gasteiger partial charge in [0.1, 0.15) is 0 Å². The average molecular weight is 354 g/mol. The van der Waals surface area contributed by atoms with Gasteiger partial charge < -0.3 is 10.1 Å². The van der Waals surface area contributed by atoms with Crippen LogP contribution in [0.4, 0.5) is 5.69 Å². The third-order valence-corrected chi connectivity index (χ3v) is 4.36. The highest BCUT2D eigenvalue weighted by Crippen LogP contribution is 2.18. The summed E-state index contributed by atoms with van der Waals surface area (Å²) in [6, 6.07) is 6.07. The van der Waals surface area contributed by atoms with Gasteiger partial charge in [-0.25, -0.2) is 13.2 Å². The summed E-state index contributed by atoms with van der Waals surface area (Å²) in [5, 5.41) is 2.87. The lowest BCUT2D eigenvalue weighted by Crippen LogP contribution is -2.40. The van der Waals surface area contributed by atoms with Crippen LogP contribution in [-0.2, 0) is 19.6 Å². The third kappa shape index (κ3) is 5.52. The lowest BCUT2D eigenvalue weighted by atomic mass is 10.2. The highest BCUT2D eigenvalue weighted by atomic mass is 32.2. The van der Waals surface area contributed by atoms with Crippen LogP contribution in [0, 0.1) is 0 Å². The molecule has 1 aromatic carbocycles. The minimum Gasteiger partial charge on any atom is -0.449 e. The summed E-state index contributed by atoms with van der Waals surface area (Å²) >= 11 is 0. The van der Waals surface area contributed by atoms with E-state index in [1.54, 1.807) is 0 Å². The van der Waals surface area contributed by atoms with Gasteiger partial charge in [0.05, 0.1) is 11.8 Å². The molecular weight excluding hydrogens is 332 g/mol. The van der Waals surface area contributed by atoms with Gasteiger partial charge in [-0.1, -0.05) is 18.9 Å². The van der Waals surface area contributed by atoms with Crippen molar-refractivity contribution in [2.24, 2.45) is 0 Å². The summed E-state index contributed by atoms with van der Waals surface area (Å²) in [6.45, 7) is 1.51. The highest BCUT2D eigenvalue weighted by Gasteiger charge is 2.23. The molecular formula is C16H22N2O5S. The number of ether oxygens (including phenoxy) is 1. The maximum atomic E-state index is 12.1. The summed E-state index contributed by atoms with van der Waals surface area (Å²) in [5.74, 6) is -0.998. The highest BCUT2D eigenvalue weighted by molar-refractivity contribution is 7.92. The number of rotatable bonds is 6. The van der Waals surface area contributed by atoms with Gasteiger partial charge in [0.15, 0.2) is 6.10 Å². The van der Waals surface area contributed by atoms with Crippen LogP contribution in [0.25, 0.3) is 0 Å². The number of anilines is 1. The van der Waals surface area contributed by atoms with Crippen LogP contribution < -0.4 is 10.0 Å². The van der Waals surface area contributed by atoms with Crippen molar-refractivity contribution in [3.8, 4) is 0 Å². The predicted octanol–water partition coefficient (Wildman–Crippen LogP) is 1.66. The van der Waals surface area contributed by atoms with Crippen LogP contribution in [-0.4, -0.2) is 38.7 Å². The van der Waals surface area contributed by atoms with E-state index < -0.39 is 22.1 Å². The molecule has 0 spiro atoms. The Kier molecular flexibility index (Phi) is 5.82. The van der Waals surface area contributed by atoms with Gasteiger partial charge in [0.2, 0.25) is 10.0 Å². The molecule has 0 heterocycles. The van der Waals surface area contributed by atoms with Crippen LogP contribution >= 0.6 is 0 Å². The first-order valence-electron chi connectivity index (χ1n) is 7.84. The van der Waals surface area contributed by atoms with Crippen molar-refractivity contribution >= 4 is 27.6 Å². The number of carbonyl (C=O) groups excluding carboxylic acids is 2. The van der Waals surface area contributed by atoms with Gasteiger partial charge >= 0.3 is 5.97 Å². The van der Waals surface area contributed by atoms with Crippen LogP contribution in [0.3, 0.4) is 0 Å². The van der Waals surface area contributed by atoms with Gasteiger partial charge in [-0.15, -0.1) is 0 Å². The average Bonchev–Trinajstić information content (AvgIpc) is 2.98. The standard InChI is InChI=1S/C16H22N2O5S/c1-11(15(19)17-13-7-3-4-8-13)23-16(20)12-6-5-9-14(10-12)18-24(2,21)22/h5-6,9-11,13,18H,3-4,7-8H2,1-2H3,(H,17,19). The zero-order chi connectivity index (χ0) is 17.7. The Bertz CT molecular complexity index is 711. The number of hydrogen-bond acceptors (Lipinski definition) is 5. The van der Waals surface area contributed by atoms with Gasteiger partial charge in [-0.2, -0.15) is 0 Å². The molecule has 1 unspecified atom stereocenters. The van der Waals surface area contributed by atoms with Gasteiger partial charge in [0, 0.05) is 11.7 Å². The molecule has 1 aliphatic rings. The van der Waals surface area contributed by atoms with E-state index in [1.807, 2.05) is 0 Å². The Balaban J connectivity index is 1.95. The minimum atomic E-state index is -3.44. The largest absolute Gasteiger partial charge is 0.449 e. The number of nitrogens with one attached hydrogen (secondary N) is 2. The summed E-state index contributed by atoms with van der Waals surface area (Å²) in [4.78, 5) is 24.2. The fourth-order valence-corrected chi connectivity index (χ4v) is 3.15. The van der Waals surface area contributed by atoms with Crippen molar-refractivity contribution in [3.05, 3.63) is 29.8 Å². The first-order chi connectivity index (χ1) is 11.2. The quantitative estimate of drug-likeness (QED) is 0.757. The second kappa shape index (κ2) is 7.65. The molecule has 24 heavy (non-hydrogen) atoms. The first kappa shape index (κ1) is 18.3. The van der Waals surface area contributed by atoms with E-state index in [1.165, 1.54) is 31.2 Å². The van der Waals surface area contributed by atoms with Crippen molar-refractivity contribution in [2.45, 2.75) is 44.8 Å². The van der Waals surface area contributed by atoms with Gasteiger partial charge in [-0.3, -0.25) is 9.52 Å². The summed E-state index contributed by atoms with van der Waals surface area (Å²) < 4.78 is 29.9. The maximum absolute atomic E-state index is 12.1. The van der Waals surface area contributed by atoms with E-state index in [0.29, 0.717) is 0 Å². The van der Waals surface area contributed by atoms with E-state index >= 15 is 0 Å². The summed E-state index contributed by atoms with van der Waals surface area (Å²) in [6.07, 6.45) is 4.20. The molecule has 1 fully saturated rings. The zero-order valence-electron chi connectivity index (χ0n) is 13.7. The van der Waals surface area contributed by atoms with Gasteiger partial charge in [0.25, 0.3) is 5.91 Å². The number of esters is 1. The maximum Gasteiger partial charge on any atom is 0.338 e. The van der Waals surface area contributed by atoms with E-state index in [0.717, 1.165) is 31.9 Å². The molecule has 0 bridgehead atoms. The SMILES string of the molecule is CC(OC(=O)c1cccc(NS(C)(=O)=O)c1)C(=O)NC1CCCC1. The van der Waals surface area contributed by atoms with Crippen LogP contribution in [0.15, 0.2) is 24.3 Å². The molecule has 2 N–H and O–H groups in total. The second-order valence-corrected chi connectivity index (χ2v) is 7.74. The van der Waals surface area contributed by atoms with Crippen LogP contribution in [0.5, 0.6) is 0 Å². The van der Waals surface area contributed by atoms with E-state index in [4.69, 9.17) is 4.74 Å². The molecule has 1 saturated carbocycles. The van der Waals surface area contributed by atoms with E-state index in [9.17, 15) is 18.0 Å². The Morgan fingerprint density at radius 2 is 1.92 bits per heavy atom. The minimum absolute atomic E-state index is 0.154. The smallest absolute Gasteiger partial charge is 0.338 e. The Morgan fingerprint density at radius 3 is 2.54 bits per heavy atom. The summed E-state index contributed by atoms with van der Waals surface area (Å²) in [7, 11) is -3.44. The Morgan fingerprint density at radius 1 is 1.25 bits per heavy atom. The lowest BCUT2D eigenvalue weighted by Gasteiger charge is -2.17. The number of carbonyl (C=O) groups is 2. The monoisotopic (exact) mass is 354 g/mol. The number of sulfonamides is 1. The van der Waals surface area contributed by atoms with Crippen molar-refractivity contribution in [2.75, 3.05) is 11.0 Å². The number of benzene rings is 1. The van der Waals surface area contributed by atoms with Crippen molar-refractivity contribution < 1.29 is 22.7 Å². The number of amides is 1. The number of hydrogen-bond donors (Lipinski definition) is 2. The molecule has 0 aromatic heterocycles. The fourth-order valence-electron chi connectivity index (χ4n) is 2.59. The summed E-state index contributed by atoms with van der Waals surface area (Å²) in [5.41, 5.74) is 0.430. The molecule has 1 aliphatic carbocycles. The molecule has 2 rings (SSSR count). The normalized spacial score (nSPS) is 16.4. The molecule has 1 atom stereocenters. The predicted molar refractivity (Wildman–Crippen MR) is 90.2 cm³/mol. The molecule has 1 amide bonds. The molecule has 0 aliphatic heterocycles. The van der Waals surface area contributed by atoms with Crippen LogP contribution in [0.2, 0.25) is 0 Å². The molecule has 1 aromatic rings. The molecule has 0 saturated heterocycles. The van der Waals surface area contributed by atoms with Crippen molar-refractivity contribution in [1.29, 1.82) is 0 Å². The van der Waals surface area contributed by atoms with Crippen molar-refractivity contribution in [1.82, 2.24) is 5.32 Å². The van der Waals surface area contributed by atoms with E-state index in [-0.39, 0.29) is 23.2 Å². The van der Waals surface area contributed by atoms with Gasteiger partial charge in [-0.05, 0) is 38.0 Å². The third-order valence-electron chi connectivity index (χ3n) is 3.76. The van der Waals surface area contributed by atoms with E-state index in [2.05, 4.69) is 10.0 Å². The topological polar surface area (TPSA) is 102 Å². The fraction of sp³-hybridized carbons (Fsp3) is 0.500. The Hall–Kier alpha value is -2.09. The van der Waals surface area contributed by atoms with Crippen molar-refractivity contribution in [3.63, 3.8) is 0 Å². The van der Waals surface area contributed by atoms with Crippen LogP contribution in [0.1, 0.15) is 43.0 Å². The second-order valence-electron chi connectivity index (χ2n) is 5.99. The Labute approximate surface area is 141 Å². The molecule has 132 valence electrons.